The Hall–Kier alpha value is -1.26. The Labute approximate surface area is 96.2 Å². The number of aliphatic hydroxyl groups excluding tert-OH is 1. The summed E-state index contributed by atoms with van der Waals surface area (Å²) in [7, 11) is 5.05. The first-order valence-corrected chi connectivity index (χ1v) is 5.21. The van der Waals surface area contributed by atoms with Crippen LogP contribution in [0.1, 0.15) is 24.2 Å². The van der Waals surface area contributed by atoms with Crippen molar-refractivity contribution in [3.05, 3.63) is 23.3 Å². The highest BCUT2D eigenvalue weighted by molar-refractivity contribution is 5.48. The van der Waals surface area contributed by atoms with E-state index < -0.39 is 6.10 Å². The Morgan fingerprint density at radius 1 is 1.25 bits per heavy atom. The smallest absolute Gasteiger partial charge is 0.161 e. The van der Waals surface area contributed by atoms with Crippen molar-refractivity contribution >= 4 is 0 Å². The second-order valence-electron chi connectivity index (χ2n) is 3.61. The van der Waals surface area contributed by atoms with Crippen molar-refractivity contribution in [2.24, 2.45) is 0 Å². The summed E-state index contributed by atoms with van der Waals surface area (Å²) in [4.78, 5) is 0. The molecule has 0 bridgehead atoms. The Kier molecular flexibility index (Phi) is 4.58. The molecule has 0 amide bonds. The maximum absolute atomic E-state index is 9.69. The molecule has 0 heterocycles. The topological polar surface area (TPSA) is 50.7 Å². The Morgan fingerprint density at radius 3 is 2.25 bits per heavy atom. The maximum Gasteiger partial charge on any atom is 0.161 e. The van der Waals surface area contributed by atoms with E-state index in [0.29, 0.717) is 18.0 Å². The van der Waals surface area contributed by atoms with Crippen LogP contribution in [0, 0.1) is 0 Å². The van der Waals surface area contributed by atoms with Crippen molar-refractivity contribution in [3.8, 4) is 11.5 Å². The number of benzene rings is 1. The zero-order valence-electron chi connectivity index (χ0n) is 10.2. The van der Waals surface area contributed by atoms with E-state index >= 15 is 0 Å². The first kappa shape index (κ1) is 12.8. The average molecular weight is 225 g/mol. The van der Waals surface area contributed by atoms with Crippen molar-refractivity contribution in [2.45, 2.75) is 19.6 Å². The molecule has 0 aliphatic carbocycles. The molecule has 1 atom stereocenters. The Balaban J connectivity index is 3.23. The Morgan fingerprint density at radius 2 is 1.81 bits per heavy atom. The van der Waals surface area contributed by atoms with Gasteiger partial charge in [0.1, 0.15) is 0 Å². The van der Waals surface area contributed by atoms with Gasteiger partial charge in [0, 0.05) is 6.54 Å². The first-order valence-electron chi connectivity index (χ1n) is 5.21. The molecule has 0 radical (unpaired) electrons. The van der Waals surface area contributed by atoms with Gasteiger partial charge in [-0.15, -0.1) is 0 Å². The van der Waals surface area contributed by atoms with Crippen LogP contribution in [-0.4, -0.2) is 26.4 Å². The van der Waals surface area contributed by atoms with Gasteiger partial charge in [0.05, 0.1) is 20.3 Å². The van der Waals surface area contributed by atoms with Gasteiger partial charge in [0.25, 0.3) is 0 Å². The third kappa shape index (κ3) is 2.65. The molecule has 0 saturated heterocycles. The van der Waals surface area contributed by atoms with Crippen LogP contribution in [0.25, 0.3) is 0 Å². The van der Waals surface area contributed by atoms with Gasteiger partial charge < -0.3 is 19.9 Å². The summed E-state index contributed by atoms with van der Waals surface area (Å²) in [6.07, 6.45) is -0.525. The van der Waals surface area contributed by atoms with Gasteiger partial charge in [-0.2, -0.15) is 0 Å². The molecule has 1 rings (SSSR count). The van der Waals surface area contributed by atoms with Gasteiger partial charge in [-0.25, -0.2) is 0 Å². The third-order valence-corrected chi connectivity index (χ3v) is 2.46. The van der Waals surface area contributed by atoms with Crippen LogP contribution >= 0.6 is 0 Å². The van der Waals surface area contributed by atoms with E-state index in [9.17, 15) is 5.11 Å². The van der Waals surface area contributed by atoms with E-state index in [0.717, 1.165) is 11.1 Å². The summed E-state index contributed by atoms with van der Waals surface area (Å²) in [5.74, 6) is 1.32. The minimum absolute atomic E-state index is 0.525. The van der Waals surface area contributed by atoms with Crippen LogP contribution < -0.4 is 14.8 Å². The number of aliphatic hydroxyl groups is 1. The summed E-state index contributed by atoms with van der Waals surface area (Å²) in [5, 5.41) is 12.8. The zero-order valence-corrected chi connectivity index (χ0v) is 10.2. The lowest BCUT2D eigenvalue weighted by atomic mass is 10.0. The lowest BCUT2D eigenvalue weighted by molar-refractivity contribution is 0.197. The number of nitrogens with one attached hydrogen (secondary N) is 1. The largest absolute Gasteiger partial charge is 0.493 e. The molecule has 90 valence electrons. The number of methoxy groups -OCH3 is 2. The van der Waals surface area contributed by atoms with Crippen LogP contribution in [0.5, 0.6) is 11.5 Å². The summed E-state index contributed by atoms with van der Waals surface area (Å²) < 4.78 is 10.4. The lowest BCUT2D eigenvalue weighted by Crippen LogP contribution is -2.10. The van der Waals surface area contributed by atoms with Gasteiger partial charge >= 0.3 is 0 Å². The van der Waals surface area contributed by atoms with Gasteiger partial charge in [0.2, 0.25) is 0 Å². The molecule has 0 saturated carbocycles. The number of rotatable bonds is 5. The molecule has 0 fully saturated rings. The molecule has 4 nitrogen and oxygen atoms in total. The third-order valence-electron chi connectivity index (χ3n) is 2.46. The van der Waals surface area contributed by atoms with Crippen LogP contribution in [0.15, 0.2) is 12.1 Å². The predicted molar refractivity (Wildman–Crippen MR) is 62.9 cm³/mol. The molecule has 1 aromatic carbocycles. The highest BCUT2D eigenvalue weighted by atomic mass is 16.5. The summed E-state index contributed by atoms with van der Waals surface area (Å²) in [6, 6.07) is 3.70. The van der Waals surface area contributed by atoms with E-state index in [2.05, 4.69) is 5.32 Å². The molecular weight excluding hydrogens is 206 g/mol. The van der Waals surface area contributed by atoms with Crippen LogP contribution in [0.3, 0.4) is 0 Å². The van der Waals surface area contributed by atoms with E-state index in [-0.39, 0.29) is 0 Å². The molecule has 4 heteroatoms. The van der Waals surface area contributed by atoms with E-state index in [4.69, 9.17) is 9.47 Å². The fraction of sp³-hybridized carbons (Fsp3) is 0.500. The van der Waals surface area contributed by atoms with Gasteiger partial charge in [0.15, 0.2) is 11.5 Å². The minimum Gasteiger partial charge on any atom is -0.493 e. The van der Waals surface area contributed by atoms with Crippen LogP contribution in [-0.2, 0) is 6.54 Å². The summed E-state index contributed by atoms with van der Waals surface area (Å²) >= 11 is 0. The van der Waals surface area contributed by atoms with Crippen molar-refractivity contribution < 1.29 is 14.6 Å². The molecule has 2 N–H and O–H groups in total. The van der Waals surface area contributed by atoms with E-state index in [1.807, 2.05) is 19.2 Å². The monoisotopic (exact) mass is 225 g/mol. The first-order chi connectivity index (χ1) is 7.63. The lowest BCUT2D eigenvalue weighted by Gasteiger charge is -2.16. The Bertz CT molecular complexity index is 350. The van der Waals surface area contributed by atoms with Crippen LogP contribution in [0.4, 0.5) is 0 Å². The summed E-state index contributed by atoms with van der Waals surface area (Å²) in [5.41, 5.74) is 1.86. The number of hydrogen-bond acceptors (Lipinski definition) is 4. The van der Waals surface area contributed by atoms with Crippen molar-refractivity contribution in [1.29, 1.82) is 0 Å². The second kappa shape index (κ2) is 5.72. The molecule has 0 aliphatic rings. The van der Waals surface area contributed by atoms with Crippen molar-refractivity contribution in [1.82, 2.24) is 5.32 Å². The molecular formula is C12H19NO3. The number of hydrogen-bond donors (Lipinski definition) is 2. The molecule has 1 unspecified atom stereocenters. The summed E-state index contributed by atoms with van der Waals surface area (Å²) in [6.45, 7) is 2.42. The molecule has 0 aromatic heterocycles. The van der Waals surface area contributed by atoms with Gasteiger partial charge in [-0.05, 0) is 37.2 Å². The average Bonchev–Trinajstić information content (AvgIpc) is 2.28. The van der Waals surface area contributed by atoms with Crippen LogP contribution in [0.2, 0.25) is 0 Å². The number of ether oxygens (including phenoxy) is 2. The van der Waals surface area contributed by atoms with E-state index in [1.165, 1.54) is 0 Å². The highest BCUT2D eigenvalue weighted by Gasteiger charge is 2.13. The quantitative estimate of drug-likeness (QED) is 0.797. The minimum atomic E-state index is -0.525. The predicted octanol–water partition coefficient (Wildman–Crippen LogP) is 1.48. The normalized spacial score (nSPS) is 12.3. The molecule has 0 spiro atoms. The second-order valence-corrected chi connectivity index (χ2v) is 3.61. The molecule has 1 aromatic rings. The fourth-order valence-corrected chi connectivity index (χ4v) is 1.67. The maximum atomic E-state index is 9.69. The van der Waals surface area contributed by atoms with Gasteiger partial charge in [-0.1, -0.05) is 0 Å². The van der Waals surface area contributed by atoms with Gasteiger partial charge in [-0.3, -0.25) is 0 Å². The van der Waals surface area contributed by atoms with Crippen molar-refractivity contribution in [3.63, 3.8) is 0 Å². The standard InChI is InChI=1S/C12H19NO3/c1-8(14)10-6-12(16-4)11(15-3)5-9(10)7-13-2/h5-6,8,13-14H,7H2,1-4H3. The zero-order chi connectivity index (χ0) is 12.1. The molecule has 0 aliphatic heterocycles. The fourth-order valence-electron chi connectivity index (χ4n) is 1.67. The van der Waals surface area contributed by atoms with E-state index in [1.54, 1.807) is 21.1 Å². The SMILES string of the molecule is CNCc1cc(OC)c(OC)cc1C(C)O. The van der Waals surface area contributed by atoms with Crippen molar-refractivity contribution in [2.75, 3.05) is 21.3 Å². The highest BCUT2D eigenvalue weighted by Crippen LogP contribution is 2.33. The molecule has 16 heavy (non-hydrogen) atoms.